The monoisotopic (exact) mass is 142 g/mol. The summed E-state index contributed by atoms with van der Waals surface area (Å²) in [6, 6.07) is 0. The van der Waals surface area contributed by atoms with E-state index >= 15 is 0 Å². The van der Waals surface area contributed by atoms with Crippen molar-refractivity contribution in [2.45, 2.75) is 27.7 Å². The number of hydrogen-bond acceptors (Lipinski definition) is 3. The van der Waals surface area contributed by atoms with Crippen molar-refractivity contribution in [3.05, 3.63) is 5.82 Å². The number of hydrogen-bond donors (Lipinski definition) is 1. The van der Waals surface area contributed by atoms with Crippen molar-refractivity contribution < 1.29 is 0 Å². The second-order valence-corrected chi connectivity index (χ2v) is 2.69. The summed E-state index contributed by atoms with van der Waals surface area (Å²) in [6.07, 6.45) is 0. The molecule has 0 saturated carbocycles. The number of aromatic nitrogens is 4. The van der Waals surface area contributed by atoms with Crippen LogP contribution in [0.5, 0.6) is 0 Å². The Hall–Kier alpha value is -0.930. The third kappa shape index (κ3) is 7.07. The molecule has 0 saturated heterocycles. The Labute approximate surface area is 61.0 Å². The third-order valence-corrected chi connectivity index (χ3v) is 0.451. The van der Waals surface area contributed by atoms with Gasteiger partial charge in [-0.3, -0.25) is 0 Å². The van der Waals surface area contributed by atoms with E-state index in [0.717, 1.165) is 5.92 Å². The average molecular weight is 142 g/mol. The van der Waals surface area contributed by atoms with E-state index in [0.29, 0.717) is 5.82 Å². The van der Waals surface area contributed by atoms with Crippen LogP contribution < -0.4 is 0 Å². The van der Waals surface area contributed by atoms with Gasteiger partial charge in [-0.1, -0.05) is 26.0 Å². The van der Waals surface area contributed by atoms with E-state index in [1.807, 2.05) is 0 Å². The molecule has 0 aliphatic carbocycles. The van der Waals surface area contributed by atoms with Gasteiger partial charge in [0, 0.05) is 0 Å². The fourth-order valence-corrected chi connectivity index (χ4v) is 0.212. The second-order valence-electron chi connectivity index (χ2n) is 2.69. The van der Waals surface area contributed by atoms with Gasteiger partial charge < -0.3 is 0 Å². The zero-order valence-electron chi connectivity index (χ0n) is 6.92. The van der Waals surface area contributed by atoms with Crippen molar-refractivity contribution in [3.63, 3.8) is 0 Å². The normalized spacial score (nSPS) is 8.90. The summed E-state index contributed by atoms with van der Waals surface area (Å²) in [5, 5.41) is 12.7. The molecule has 1 aromatic heterocycles. The summed E-state index contributed by atoms with van der Waals surface area (Å²) in [5.41, 5.74) is 0. The number of tetrazole rings is 1. The van der Waals surface area contributed by atoms with E-state index in [1.165, 1.54) is 0 Å². The summed E-state index contributed by atoms with van der Waals surface area (Å²) in [5.74, 6) is 1.51. The molecule has 0 unspecified atom stereocenters. The molecule has 4 nitrogen and oxygen atoms in total. The smallest absolute Gasteiger partial charge is 0.171 e. The fraction of sp³-hybridized carbons (Fsp3) is 0.833. The number of aryl methyl sites for hydroxylation is 1. The summed E-state index contributed by atoms with van der Waals surface area (Å²) in [6.45, 7) is 8.27. The van der Waals surface area contributed by atoms with Crippen LogP contribution in [0, 0.1) is 12.8 Å². The molecule has 0 amide bonds. The van der Waals surface area contributed by atoms with Crippen LogP contribution in [0.15, 0.2) is 0 Å². The lowest BCUT2D eigenvalue weighted by atomic mass is 10.3. The van der Waals surface area contributed by atoms with E-state index < -0.39 is 0 Å². The van der Waals surface area contributed by atoms with Gasteiger partial charge in [0.25, 0.3) is 0 Å². The van der Waals surface area contributed by atoms with Crippen LogP contribution in [0.4, 0.5) is 0 Å². The van der Waals surface area contributed by atoms with Crippen LogP contribution in [0.25, 0.3) is 0 Å². The van der Waals surface area contributed by atoms with Crippen LogP contribution in [-0.4, -0.2) is 20.6 Å². The molecule has 0 aromatic carbocycles. The highest BCUT2D eigenvalue weighted by molar-refractivity contribution is 4.63. The van der Waals surface area contributed by atoms with Crippen LogP contribution in [0.2, 0.25) is 0 Å². The predicted molar refractivity (Wildman–Crippen MR) is 39.4 cm³/mol. The molecule has 0 aliphatic rings. The maximum absolute atomic E-state index is 3.57. The van der Waals surface area contributed by atoms with Crippen LogP contribution in [-0.2, 0) is 0 Å². The standard InChI is InChI=1S/C4H10.C2H4N4/c1-4(2)3;1-2-3-5-6-4-2/h4H,1-3H3;1H3,(H,3,4,5,6). The molecule has 0 atom stereocenters. The maximum Gasteiger partial charge on any atom is 0.171 e. The molecule has 4 heteroatoms. The minimum atomic E-state index is 0.676. The van der Waals surface area contributed by atoms with E-state index in [2.05, 4.69) is 41.4 Å². The Morgan fingerprint density at radius 3 is 1.90 bits per heavy atom. The molecule has 1 heterocycles. The Balaban J connectivity index is 0.000000180. The van der Waals surface area contributed by atoms with Crippen molar-refractivity contribution >= 4 is 0 Å². The molecule has 0 aliphatic heterocycles. The first-order valence-electron chi connectivity index (χ1n) is 3.33. The van der Waals surface area contributed by atoms with E-state index in [-0.39, 0.29) is 0 Å². The zero-order chi connectivity index (χ0) is 7.98. The summed E-state index contributed by atoms with van der Waals surface area (Å²) in [4.78, 5) is 0. The van der Waals surface area contributed by atoms with Crippen molar-refractivity contribution in [1.29, 1.82) is 0 Å². The first-order chi connectivity index (χ1) is 4.63. The third-order valence-electron chi connectivity index (χ3n) is 0.451. The molecule has 0 bridgehead atoms. The van der Waals surface area contributed by atoms with Gasteiger partial charge in [0.1, 0.15) is 0 Å². The van der Waals surface area contributed by atoms with Gasteiger partial charge in [-0.05, 0) is 12.8 Å². The van der Waals surface area contributed by atoms with Gasteiger partial charge >= 0.3 is 0 Å². The Bertz CT molecular complexity index is 142. The molecule has 0 fully saturated rings. The van der Waals surface area contributed by atoms with Gasteiger partial charge in [-0.2, -0.15) is 5.21 Å². The minimum absolute atomic E-state index is 0.676. The topological polar surface area (TPSA) is 54.5 Å². The molecule has 0 radical (unpaired) electrons. The zero-order valence-corrected chi connectivity index (χ0v) is 6.92. The van der Waals surface area contributed by atoms with E-state index in [9.17, 15) is 0 Å². The van der Waals surface area contributed by atoms with Crippen LogP contribution in [0.3, 0.4) is 0 Å². The van der Waals surface area contributed by atoms with Gasteiger partial charge in [-0.15, -0.1) is 10.2 Å². The second kappa shape index (κ2) is 4.90. The first kappa shape index (κ1) is 9.07. The van der Waals surface area contributed by atoms with Crippen molar-refractivity contribution in [3.8, 4) is 0 Å². The molecular weight excluding hydrogens is 128 g/mol. The highest BCUT2D eigenvalue weighted by Crippen LogP contribution is 1.81. The number of rotatable bonds is 0. The quantitative estimate of drug-likeness (QED) is 0.591. The van der Waals surface area contributed by atoms with Crippen LogP contribution >= 0.6 is 0 Å². The lowest BCUT2D eigenvalue weighted by molar-refractivity contribution is 0.737. The Morgan fingerprint density at radius 1 is 1.30 bits per heavy atom. The van der Waals surface area contributed by atoms with Crippen molar-refractivity contribution in [2.75, 3.05) is 0 Å². The molecule has 1 rings (SSSR count). The lowest BCUT2D eigenvalue weighted by Crippen LogP contribution is -1.69. The fourth-order valence-electron chi connectivity index (χ4n) is 0.212. The highest BCUT2D eigenvalue weighted by Gasteiger charge is 1.78. The van der Waals surface area contributed by atoms with Gasteiger partial charge in [-0.25, -0.2) is 0 Å². The highest BCUT2D eigenvalue weighted by atomic mass is 15.5. The first-order valence-corrected chi connectivity index (χ1v) is 3.33. The number of nitrogens with one attached hydrogen (secondary N) is 1. The number of H-pyrrole nitrogens is 1. The van der Waals surface area contributed by atoms with Crippen molar-refractivity contribution in [2.24, 2.45) is 5.92 Å². The average Bonchev–Trinajstić information content (AvgIpc) is 2.15. The van der Waals surface area contributed by atoms with Crippen molar-refractivity contribution in [1.82, 2.24) is 20.6 Å². The SMILES string of the molecule is CC(C)C.Cc1nn[nH]n1. The molecule has 58 valence electrons. The maximum atomic E-state index is 3.57. The number of aromatic amines is 1. The molecule has 10 heavy (non-hydrogen) atoms. The molecule has 0 spiro atoms. The molecule has 1 aromatic rings. The number of nitrogens with zero attached hydrogens (tertiary/aromatic N) is 3. The van der Waals surface area contributed by atoms with E-state index in [1.54, 1.807) is 6.92 Å². The Morgan fingerprint density at radius 2 is 1.80 bits per heavy atom. The van der Waals surface area contributed by atoms with Gasteiger partial charge in [0.15, 0.2) is 5.82 Å². The van der Waals surface area contributed by atoms with Crippen LogP contribution in [0.1, 0.15) is 26.6 Å². The molecular formula is C6H14N4. The van der Waals surface area contributed by atoms with Gasteiger partial charge in [0.05, 0.1) is 0 Å². The Kier molecular flexibility index (Phi) is 4.45. The lowest BCUT2D eigenvalue weighted by Gasteiger charge is -1.79. The molecule has 1 N–H and O–H groups in total. The minimum Gasteiger partial charge on any atom is -0.177 e. The summed E-state index contributed by atoms with van der Waals surface area (Å²) >= 11 is 0. The van der Waals surface area contributed by atoms with Gasteiger partial charge in [0.2, 0.25) is 0 Å². The summed E-state index contributed by atoms with van der Waals surface area (Å²) in [7, 11) is 0. The summed E-state index contributed by atoms with van der Waals surface area (Å²) < 4.78 is 0. The predicted octanol–water partition coefficient (Wildman–Crippen LogP) is 1.17. The largest absolute Gasteiger partial charge is 0.177 e. The van der Waals surface area contributed by atoms with E-state index in [4.69, 9.17) is 0 Å².